The molecule has 4 aromatic rings. The van der Waals surface area contributed by atoms with Crippen LogP contribution in [0.1, 0.15) is 11.1 Å². The Morgan fingerprint density at radius 1 is 1.07 bits per heavy atom. The molecule has 0 saturated heterocycles. The standard InChI is InChI=1S/C23H17BrN2O4/c1-26-12-17(16-11-14(29-10-8-24)5-6-18(16)26)20-19(22(27)25-23(20)28)15-4-2-3-13-7-9-30-21(13)15/h2-7,9,11-12H,8,10H2,1H3,(H,25,27,28). The molecular weight excluding hydrogens is 448 g/mol. The molecule has 2 aromatic carbocycles. The molecule has 6 nitrogen and oxygen atoms in total. The van der Waals surface area contributed by atoms with Gasteiger partial charge in [0.15, 0.2) is 0 Å². The van der Waals surface area contributed by atoms with Crippen molar-refractivity contribution in [1.82, 2.24) is 9.88 Å². The molecule has 3 heterocycles. The van der Waals surface area contributed by atoms with Gasteiger partial charge >= 0.3 is 0 Å². The molecule has 2 amide bonds. The van der Waals surface area contributed by atoms with E-state index < -0.39 is 11.8 Å². The summed E-state index contributed by atoms with van der Waals surface area (Å²) in [7, 11) is 1.91. The zero-order valence-corrected chi connectivity index (χ0v) is 17.7. The molecule has 1 aliphatic heterocycles. The van der Waals surface area contributed by atoms with Crippen LogP contribution in [0.4, 0.5) is 0 Å². The van der Waals surface area contributed by atoms with Crippen LogP contribution in [0.25, 0.3) is 33.0 Å². The second kappa shape index (κ2) is 7.18. The van der Waals surface area contributed by atoms with Gasteiger partial charge in [-0.05, 0) is 24.3 Å². The summed E-state index contributed by atoms with van der Waals surface area (Å²) in [6, 6.07) is 13.1. The van der Waals surface area contributed by atoms with Gasteiger partial charge < -0.3 is 13.7 Å². The SMILES string of the molecule is Cn1cc(C2=C(c3cccc4ccoc34)C(=O)NC2=O)c2cc(OCCBr)ccc21. The molecule has 0 atom stereocenters. The molecule has 0 radical (unpaired) electrons. The summed E-state index contributed by atoms with van der Waals surface area (Å²) in [5.41, 5.74) is 3.45. The minimum absolute atomic E-state index is 0.319. The highest BCUT2D eigenvalue weighted by molar-refractivity contribution is 9.09. The van der Waals surface area contributed by atoms with Crippen molar-refractivity contribution in [1.29, 1.82) is 0 Å². The maximum atomic E-state index is 12.9. The molecule has 1 aliphatic rings. The fourth-order valence-electron chi connectivity index (χ4n) is 3.98. The van der Waals surface area contributed by atoms with E-state index in [1.54, 1.807) is 12.3 Å². The number of ether oxygens (including phenoxy) is 1. The van der Waals surface area contributed by atoms with Crippen LogP contribution >= 0.6 is 15.9 Å². The molecular formula is C23H17BrN2O4. The maximum absolute atomic E-state index is 12.9. The van der Waals surface area contributed by atoms with Gasteiger partial charge in [-0.25, -0.2) is 0 Å². The second-order valence-corrected chi connectivity index (χ2v) is 7.84. The van der Waals surface area contributed by atoms with Crippen molar-refractivity contribution >= 4 is 60.8 Å². The molecule has 2 aromatic heterocycles. The molecule has 0 saturated carbocycles. The fourth-order valence-corrected chi connectivity index (χ4v) is 4.14. The predicted octanol–water partition coefficient (Wildman–Crippen LogP) is 4.27. The van der Waals surface area contributed by atoms with E-state index in [-0.39, 0.29) is 0 Å². The van der Waals surface area contributed by atoms with Gasteiger partial charge in [0.1, 0.15) is 11.3 Å². The molecule has 150 valence electrons. The third kappa shape index (κ3) is 2.85. The van der Waals surface area contributed by atoms with Crippen LogP contribution in [0.15, 0.2) is 59.3 Å². The van der Waals surface area contributed by atoms with Crippen LogP contribution < -0.4 is 10.1 Å². The lowest BCUT2D eigenvalue weighted by Gasteiger charge is -2.07. The average Bonchev–Trinajstić information content (AvgIpc) is 3.42. The summed E-state index contributed by atoms with van der Waals surface area (Å²) < 4.78 is 13.3. The van der Waals surface area contributed by atoms with Crippen LogP contribution in [0.5, 0.6) is 5.75 Å². The van der Waals surface area contributed by atoms with Crippen molar-refractivity contribution in [3.8, 4) is 5.75 Å². The van der Waals surface area contributed by atoms with E-state index in [0.717, 1.165) is 16.3 Å². The first-order valence-corrected chi connectivity index (χ1v) is 10.6. The lowest BCUT2D eigenvalue weighted by atomic mass is 9.95. The van der Waals surface area contributed by atoms with E-state index in [4.69, 9.17) is 9.15 Å². The van der Waals surface area contributed by atoms with E-state index in [1.165, 1.54) is 0 Å². The molecule has 5 rings (SSSR count). The molecule has 0 unspecified atom stereocenters. The normalized spacial score (nSPS) is 14.2. The van der Waals surface area contributed by atoms with Gasteiger partial charge in [-0.2, -0.15) is 0 Å². The number of para-hydroxylation sites is 1. The molecule has 0 aliphatic carbocycles. The van der Waals surface area contributed by atoms with Crippen molar-refractivity contribution in [2.75, 3.05) is 11.9 Å². The lowest BCUT2D eigenvalue weighted by Crippen LogP contribution is -2.22. The number of carbonyl (C=O) groups is 2. The first-order chi connectivity index (χ1) is 14.6. The molecule has 1 N–H and O–H groups in total. The fraction of sp³-hybridized carbons (Fsp3) is 0.130. The summed E-state index contributed by atoms with van der Waals surface area (Å²) >= 11 is 3.36. The van der Waals surface area contributed by atoms with Gasteiger partial charge in [-0.1, -0.05) is 34.1 Å². The summed E-state index contributed by atoms with van der Waals surface area (Å²) in [4.78, 5) is 25.7. The summed E-state index contributed by atoms with van der Waals surface area (Å²) in [6.45, 7) is 0.529. The van der Waals surface area contributed by atoms with Gasteiger partial charge in [-0.3, -0.25) is 14.9 Å². The Morgan fingerprint density at radius 3 is 2.67 bits per heavy atom. The summed E-state index contributed by atoms with van der Waals surface area (Å²) in [6.07, 6.45) is 3.45. The number of aromatic nitrogens is 1. The molecule has 0 fully saturated rings. The summed E-state index contributed by atoms with van der Waals surface area (Å²) in [5.74, 6) is -0.144. The van der Waals surface area contributed by atoms with Crippen molar-refractivity contribution in [3.05, 3.63) is 66.1 Å². The Labute approximate surface area is 180 Å². The number of nitrogens with zero attached hydrogens (tertiary/aromatic N) is 1. The Morgan fingerprint density at radius 2 is 1.87 bits per heavy atom. The van der Waals surface area contributed by atoms with Crippen molar-refractivity contribution in [3.63, 3.8) is 0 Å². The number of halogens is 1. The Hall–Kier alpha value is -3.32. The largest absolute Gasteiger partial charge is 0.493 e. The van der Waals surface area contributed by atoms with Gasteiger partial charge in [0.2, 0.25) is 0 Å². The number of benzene rings is 2. The number of imide groups is 1. The minimum Gasteiger partial charge on any atom is -0.493 e. The van der Waals surface area contributed by atoms with Gasteiger partial charge in [0, 0.05) is 46.0 Å². The van der Waals surface area contributed by atoms with Gasteiger partial charge in [0.25, 0.3) is 11.8 Å². The molecule has 30 heavy (non-hydrogen) atoms. The monoisotopic (exact) mass is 464 g/mol. The van der Waals surface area contributed by atoms with Crippen LogP contribution in [-0.2, 0) is 16.6 Å². The van der Waals surface area contributed by atoms with E-state index in [9.17, 15) is 9.59 Å². The highest BCUT2D eigenvalue weighted by Crippen LogP contribution is 2.39. The maximum Gasteiger partial charge on any atom is 0.259 e. The first-order valence-electron chi connectivity index (χ1n) is 9.43. The number of furan rings is 1. The Balaban J connectivity index is 1.78. The molecule has 0 bridgehead atoms. The van der Waals surface area contributed by atoms with Crippen molar-refractivity contribution < 1.29 is 18.7 Å². The number of hydrogen-bond donors (Lipinski definition) is 1. The number of alkyl halides is 1. The third-order valence-corrected chi connectivity index (χ3v) is 5.58. The van der Waals surface area contributed by atoms with Crippen LogP contribution in [-0.4, -0.2) is 28.3 Å². The number of aryl methyl sites for hydroxylation is 1. The zero-order chi connectivity index (χ0) is 20.8. The molecule has 0 spiro atoms. The predicted molar refractivity (Wildman–Crippen MR) is 118 cm³/mol. The van der Waals surface area contributed by atoms with Crippen molar-refractivity contribution in [2.45, 2.75) is 0 Å². The molecule has 7 heteroatoms. The highest BCUT2D eigenvalue weighted by Gasteiger charge is 2.35. The Kier molecular flexibility index (Phi) is 4.47. The lowest BCUT2D eigenvalue weighted by molar-refractivity contribution is -0.122. The van der Waals surface area contributed by atoms with Crippen LogP contribution in [0, 0.1) is 0 Å². The van der Waals surface area contributed by atoms with E-state index in [0.29, 0.717) is 45.5 Å². The van der Waals surface area contributed by atoms with Gasteiger partial charge in [0.05, 0.1) is 24.0 Å². The number of rotatable bonds is 5. The van der Waals surface area contributed by atoms with Gasteiger partial charge in [-0.15, -0.1) is 0 Å². The second-order valence-electron chi connectivity index (χ2n) is 7.05. The zero-order valence-electron chi connectivity index (χ0n) is 16.1. The van der Waals surface area contributed by atoms with Crippen LogP contribution in [0.2, 0.25) is 0 Å². The average molecular weight is 465 g/mol. The number of hydrogen-bond acceptors (Lipinski definition) is 4. The topological polar surface area (TPSA) is 73.5 Å². The van der Waals surface area contributed by atoms with E-state index >= 15 is 0 Å². The van der Waals surface area contributed by atoms with E-state index in [2.05, 4.69) is 21.2 Å². The highest BCUT2D eigenvalue weighted by atomic mass is 79.9. The number of carbonyl (C=O) groups excluding carboxylic acids is 2. The Bertz CT molecular complexity index is 1360. The summed E-state index contributed by atoms with van der Waals surface area (Å²) in [5, 5.41) is 4.88. The van der Waals surface area contributed by atoms with Crippen molar-refractivity contribution in [2.24, 2.45) is 7.05 Å². The van der Waals surface area contributed by atoms with E-state index in [1.807, 2.05) is 54.2 Å². The number of nitrogens with one attached hydrogen (secondary N) is 1. The number of fused-ring (bicyclic) bond motifs is 2. The minimum atomic E-state index is -0.428. The number of amides is 2. The quantitative estimate of drug-likeness (QED) is 0.353. The smallest absolute Gasteiger partial charge is 0.259 e. The third-order valence-electron chi connectivity index (χ3n) is 5.26. The van der Waals surface area contributed by atoms with Crippen LogP contribution in [0.3, 0.4) is 0 Å². The first kappa shape index (κ1) is 18.7.